The molecule has 2 saturated heterocycles. The molecular weight excluding hydrogens is 374 g/mol. The minimum atomic E-state index is 0.139. The molecule has 5 heteroatoms. The van der Waals surface area contributed by atoms with Crippen molar-refractivity contribution in [1.29, 1.82) is 0 Å². The number of hydrogen-bond acceptors (Lipinski definition) is 4. The second-order valence-electron chi connectivity index (χ2n) is 9.26. The minimum absolute atomic E-state index is 0.139. The Morgan fingerprint density at radius 3 is 2.20 bits per heavy atom. The summed E-state index contributed by atoms with van der Waals surface area (Å²) < 4.78 is 6.24. The van der Waals surface area contributed by atoms with Crippen LogP contribution in [0.3, 0.4) is 0 Å². The normalized spacial score (nSPS) is 21.1. The van der Waals surface area contributed by atoms with E-state index < -0.39 is 0 Å². The van der Waals surface area contributed by atoms with Crippen LogP contribution in [0.4, 0.5) is 0 Å². The van der Waals surface area contributed by atoms with Crippen LogP contribution in [-0.4, -0.2) is 78.1 Å². The van der Waals surface area contributed by atoms with Crippen molar-refractivity contribution in [2.75, 3.05) is 39.3 Å². The van der Waals surface area contributed by atoms with Gasteiger partial charge in [0.1, 0.15) is 11.9 Å². The topological polar surface area (TPSA) is 36.0 Å². The number of hydrogen-bond donors (Lipinski definition) is 0. The summed E-state index contributed by atoms with van der Waals surface area (Å²) in [4.78, 5) is 19.9. The Bertz CT molecular complexity index is 887. The molecule has 2 aliphatic heterocycles. The van der Waals surface area contributed by atoms with Crippen LogP contribution in [0.15, 0.2) is 36.4 Å². The molecule has 0 aromatic heterocycles. The summed E-state index contributed by atoms with van der Waals surface area (Å²) in [6.07, 6.45) is 1.34. The third-order valence-corrected chi connectivity index (χ3v) is 6.60. The van der Waals surface area contributed by atoms with Gasteiger partial charge in [0.05, 0.1) is 0 Å². The number of carbonyl (C=O) groups is 1. The molecule has 0 saturated carbocycles. The summed E-state index contributed by atoms with van der Waals surface area (Å²) >= 11 is 0. The van der Waals surface area contributed by atoms with E-state index in [2.05, 4.69) is 55.7 Å². The highest BCUT2D eigenvalue weighted by molar-refractivity contribution is 5.98. The highest BCUT2D eigenvalue weighted by Crippen LogP contribution is 2.26. The van der Waals surface area contributed by atoms with E-state index in [1.807, 2.05) is 23.1 Å². The standard InChI is InChI=1S/C25H35N3O2/c1-18(2)26-11-13-27(14-12-26)25(29)22-6-5-21-16-23(8-7-20(21)15-22)30-24-9-10-28(17-24)19(3)4/h5-8,15-16,18-19,24H,9-14,17H2,1-4H3. The molecule has 2 fully saturated rings. The number of likely N-dealkylation sites (tertiary alicyclic amines) is 1. The number of piperazine rings is 1. The predicted octanol–water partition coefficient (Wildman–Crippen LogP) is 3.87. The second-order valence-corrected chi connectivity index (χ2v) is 9.26. The Kier molecular flexibility index (Phi) is 6.30. The van der Waals surface area contributed by atoms with Gasteiger partial charge >= 0.3 is 0 Å². The lowest BCUT2D eigenvalue weighted by Crippen LogP contribution is -2.50. The van der Waals surface area contributed by atoms with E-state index in [0.717, 1.165) is 67.8 Å². The van der Waals surface area contributed by atoms with Crippen molar-refractivity contribution in [3.63, 3.8) is 0 Å². The zero-order valence-corrected chi connectivity index (χ0v) is 18.8. The fourth-order valence-electron chi connectivity index (χ4n) is 4.57. The smallest absolute Gasteiger partial charge is 0.253 e. The number of amides is 1. The van der Waals surface area contributed by atoms with Gasteiger partial charge in [0.15, 0.2) is 0 Å². The minimum Gasteiger partial charge on any atom is -0.489 e. The zero-order valence-electron chi connectivity index (χ0n) is 18.8. The highest BCUT2D eigenvalue weighted by atomic mass is 16.5. The van der Waals surface area contributed by atoms with E-state index in [4.69, 9.17) is 4.74 Å². The lowest BCUT2D eigenvalue weighted by molar-refractivity contribution is 0.0595. The first-order valence-electron chi connectivity index (χ1n) is 11.4. The van der Waals surface area contributed by atoms with E-state index in [-0.39, 0.29) is 12.0 Å². The van der Waals surface area contributed by atoms with Gasteiger partial charge in [-0.2, -0.15) is 0 Å². The summed E-state index contributed by atoms with van der Waals surface area (Å²) in [5, 5.41) is 2.21. The molecule has 2 aromatic carbocycles. The lowest BCUT2D eigenvalue weighted by Gasteiger charge is -2.37. The van der Waals surface area contributed by atoms with Crippen LogP contribution in [0.2, 0.25) is 0 Å². The average molecular weight is 410 g/mol. The van der Waals surface area contributed by atoms with Gasteiger partial charge in [0.25, 0.3) is 5.91 Å². The van der Waals surface area contributed by atoms with Gasteiger partial charge < -0.3 is 9.64 Å². The van der Waals surface area contributed by atoms with Gasteiger partial charge in [-0.05, 0) is 69.2 Å². The fourth-order valence-corrected chi connectivity index (χ4v) is 4.57. The van der Waals surface area contributed by atoms with E-state index in [0.29, 0.717) is 12.1 Å². The highest BCUT2D eigenvalue weighted by Gasteiger charge is 2.26. The van der Waals surface area contributed by atoms with E-state index in [1.165, 1.54) is 0 Å². The monoisotopic (exact) mass is 409 g/mol. The molecule has 0 bridgehead atoms. The van der Waals surface area contributed by atoms with Crippen LogP contribution in [0.5, 0.6) is 5.75 Å². The van der Waals surface area contributed by atoms with Crippen LogP contribution < -0.4 is 4.74 Å². The lowest BCUT2D eigenvalue weighted by atomic mass is 10.1. The molecule has 2 aromatic rings. The first-order valence-corrected chi connectivity index (χ1v) is 11.4. The summed E-state index contributed by atoms with van der Waals surface area (Å²) in [6, 6.07) is 13.4. The van der Waals surface area contributed by atoms with Gasteiger partial charge in [-0.3, -0.25) is 14.6 Å². The van der Waals surface area contributed by atoms with Gasteiger partial charge in [-0.15, -0.1) is 0 Å². The van der Waals surface area contributed by atoms with Gasteiger partial charge in [0.2, 0.25) is 0 Å². The second kappa shape index (κ2) is 8.94. The third kappa shape index (κ3) is 4.62. The van der Waals surface area contributed by atoms with Crippen LogP contribution >= 0.6 is 0 Å². The van der Waals surface area contributed by atoms with Crippen LogP contribution in [0, 0.1) is 0 Å². The van der Waals surface area contributed by atoms with Crippen LogP contribution in [0.25, 0.3) is 10.8 Å². The van der Waals surface area contributed by atoms with Crippen molar-refractivity contribution in [2.24, 2.45) is 0 Å². The maximum absolute atomic E-state index is 13.0. The van der Waals surface area contributed by atoms with E-state index in [1.54, 1.807) is 0 Å². The number of ether oxygens (including phenoxy) is 1. The molecule has 0 radical (unpaired) electrons. The molecule has 0 spiro atoms. The molecular formula is C25H35N3O2. The van der Waals surface area contributed by atoms with Crippen molar-refractivity contribution in [2.45, 2.75) is 52.3 Å². The molecule has 30 heavy (non-hydrogen) atoms. The number of fused-ring (bicyclic) bond motifs is 1. The Morgan fingerprint density at radius 1 is 0.867 bits per heavy atom. The largest absolute Gasteiger partial charge is 0.489 e. The van der Waals surface area contributed by atoms with E-state index >= 15 is 0 Å². The molecule has 2 heterocycles. The molecule has 0 aliphatic carbocycles. The maximum atomic E-state index is 13.0. The summed E-state index contributed by atoms with van der Waals surface area (Å²) in [5.74, 6) is 1.06. The van der Waals surface area contributed by atoms with Crippen molar-refractivity contribution in [1.82, 2.24) is 14.7 Å². The van der Waals surface area contributed by atoms with Crippen molar-refractivity contribution < 1.29 is 9.53 Å². The molecule has 1 unspecified atom stereocenters. The first-order chi connectivity index (χ1) is 14.4. The molecule has 162 valence electrons. The quantitative estimate of drug-likeness (QED) is 0.751. The third-order valence-electron chi connectivity index (χ3n) is 6.60. The number of benzene rings is 2. The maximum Gasteiger partial charge on any atom is 0.253 e. The Morgan fingerprint density at radius 2 is 1.53 bits per heavy atom. The first kappa shape index (κ1) is 21.1. The van der Waals surface area contributed by atoms with Crippen molar-refractivity contribution in [3.8, 4) is 5.75 Å². The molecule has 4 rings (SSSR count). The number of rotatable bonds is 5. The van der Waals surface area contributed by atoms with E-state index in [9.17, 15) is 4.79 Å². The Labute approximate surface area is 180 Å². The number of nitrogens with zero attached hydrogens (tertiary/aromatic N) is 3. The fraction of sp³-hybridized carbons (Fsp3) is 0.560. The SMILES string of the molecule is CC(C)N1CCN(C(=O)c2ccc3cc(OC4CCN(C(C)C)C4)ccc3c2)CC1. The predicted molar refractivity (Wildman–Crippen MR) is 122 cm³/mol. The van der Waals surface area contributed by atoms with Crippen molar-refractivity contribution in [3.05, 3.63) is 42.0 Å². The Balaban J connectivity index is 1.41. The average Bonchev–Trinajstić information content (AvgIpc) is 3.22. The summed E-state index contributed by atoms with van der Waals surface area (Å²) in [7, 11) is 0. The van der Waals surface area contributed by atoms with Gasteiger partial charge in [-0.1, -0.05) is 12.1 Å². The molecule has 5 nitrogen and oxygen atoms in total. The zero-order chi connectivity index (χ0) is 21.3. The van der Waals surface area contributed by atoms with Gasteiger partial charge in [-0.25, -0.2) is 0 Å². The molecule has 2 aliphatic rings. The van der Waals surface area contributed by atoms with Crippen LogP contribution in [-0.2, 0) is 0 Å². The molecule has 0 N–H and O–H groups in total. The number of carbonyl (C=O) groups excluding carboxylic acids is 1. The van der Waals surface area contributed by atoms with Gasteiger partial charge in [0, 0.05) is 56.9 Å². The summed E-state index contributed by atoms with van der Waals surface area (Å²) in [6.45, 7) is 14.5. The van der Waals surface area contributed by atoms with Crippen molar-refractivity contribution >= 4 is 16.7 Å². The summed E-state index contributed by atoms with van der Waals surface area (Å²) in [5.41, 5.74) is 0.775. The van der Waals surface area contributed by atoms with Crippen LogP contribution in [0.1, 0.15) is 44.5 Å². The molecule has 1 amide bonds. The molecule has 1 atom stereocenters. The Hall–Kier alpha value is -2.11.